The zero-order chi connectivity index (χ0) is 19.1. The molecular formula is C22H14IN3O2. The molecule has 0 bridgehead atoms. The van der Waals surface area contributed by atoms with Gasteiger partial charge in [0.15, 0.2) is 0 Å². The molecule has 0 N–H and O–H groups in total. The minimum Gasteiger partial charge on any atom is -0.488 e. The van der Waals surface area contributed by atoms with E-state index in [4.69, 9.17) is 9.84 Å². The first kappa shape index (κ1) is 17.1. The molecule has 2 aromatic heterocycles. The molecule has 5 rings (SSSR count). The van der Waals surface area contributed by atoms with E-state index in [0.717, 1.165) is 37.4 Å². The Hall–Kier alpha value is -3.00. The molecule has 2 aromatic carbocycles. The fraction of sp³-hybridized carbons (Fsp3) is 0.0455. The summed E-state index contributed by atoms with van der Waals surface area (Å²) in [5.74, 6) is 0.771. The molecule has 0 amide bonds. The molecule has 6 heteroatoms. The number of pyridine rings is 1. The molecule has 1 aliphatic heterocycles. The summed E-state index contributed by atoms with van der Waals surface area (Å²) in [5, 5.41) is 4.77. The number of aromatic nitrogens is 3. The van der Waals surface area contributed by atoms with E-state index in [9.17, 15) is 4.79 Å². The second kappa shape index (κ2) is 6.87. The first-order valence-corrected chi connectivity index (χ1v) is 9.85. The van der Waals surface area contributed by atoms with Gasteiger partial charge in [0.05, 0.1) is 11.3 Å². The van der Waals surface area contributed by atoms with Gasteiger partial charge >= 0.3 is 0 Å². The van der Waals surface area contributed by atoms with E-state index in [1.54, 1.807) is 12.4 Å². The molecule has 5 nitrogen and oxygen atoms in total. The van der Waals surface area contributed by atoms with Crippen LogP contribution in [0.3, 0.4) is 0 Å². The van der Waals surface area contributed by atoms with E-state index in [1.165, 1.54) is 4.68 Å². The Bertz CT molecular complexity index is 1250. The Morgan fingerprint density at radius 1 is 1.00 bits per heavy atom. The van der Waals surface area contributed by atoms with E-state index < -0.39 is 0 Å². The Labute approximate surface area is 174 Å². The van der Waals surface area contributed by atoms with Gasteiger partial charge in [0, 0.05) is 32.7 Å². The summed E-state index contributed by atoms with van der Waals surface area (Å²) in [5.41, 5.74) is 4.34. The summed E-state index contributed by atoms with van der Waals surface area (Å²) in [7, 11) is 0. The number of halogens is 1. The van der Waals surface area contributed by atoms with E-state index in [0.29, 0.717) is 12.2 Å². The molecule has 0 radical (unpaired) electrons. The molecule has 136 valence electrons. The minimum absolute atomic E-state index is 0.182. The summed E-state index contributed by atoms with van der Waals surface area (Å²) in [6.07, 6.45) is 3.40. The van der Waals surface area contributed by atoms with E-state index in [1.807, 2.05) is 60.7 Å². The fourth-order valence-electron chi connectivity index (χ4n) is 3.45. The molecular weight excluding hydrogens is 465 g/mol. The maximum atomic E-state index is 13.5. The van der Waals surface area contributed by atoms with Gasteiger partial charge in [-0.1, -0.05) is 30.3 Å². The second-order valence-electron chi connectivity index (χ2n) is 6.40. The Balaban J connectivity index is 1.89. The molecule has 3 heterocycles. The smallest absolute Gasteiger partial charge is 0.279 e. The number of ether oxygens (including phenoxy) is 1. The largest absolute Gasteiger partial charge is 0.488 e. The van der Waals surface area contributed by atoms with Crippen LogP contribution in [0.1, 0.15) is 5.56 Å². The van der Waals surface area contributed by atoms with Crippen molar-refractivity contribution in [3.8, 4) is 33.8 Å². The van der Waals surface area contributed by atoms with Crippen molar-refractivity contribution in [2.24, 2.45) is 0 Å². The molecule has 0 atom stereocenters. The molecule has 28 heavy (non-hydrogen) atoms. The van der Waals surface area contributed by atoms with Crippen LogP contribution in [0.5, 0.6) is 5.75 Å². The van der Waals surface area contributed by atoms with Gasteiger partial charge in [-0.3, -0.25) is 9.78 Å². The molecule has 0 saturated carbocycles. The van der Waals surface area contributed by atoms with Crippen LogP contribution in [0.25, 0.3) is 28.1 Å². The Kier molecular flexibility index (Phi) is 4.20. The average molecular weight is 479 g/mol. The van der Waals surface area contributed by atoms with Crippen LogP contribution in [-0.2, 0) is 6.61 Å². The van der Waals surface area contributed by atoms with Gasteiger partial charge in [-0.05, 0) is 52.9 Å². The summed E-state index contributed by atoms with van der Waals surface area (Å²) in [6, 6.07) is 19.2. The van der Waals surface area contributed by atoms with Crippen molar-refractivity contribution in [2.75, 3.05) is 0 Å². The molecule has 0 fully saturated rings. The van der Waals surface area contributed by atoms with Crippen LogP contribution in [0.2, 0.25) is 0 Å². The number of para-hydroxylation sites is 2. The van der Waals surface area contributed by atoms with Gasteiger partial charge in [0.1, 0.15) is 18.1 Å². The molecule has 0 saturated heterocycles. The van der Waals surface area contributed by atoms with Gasteiger partial charge in [-0.15, -0.1) is 0 Å². The predicted molar refractivity (Wildman–Crippen MR) is 116 cm³/mol. The lowest BCUT2D eigenvalue weighted by atomic mass is 9.96. The highest BCUT2D eigenvalue weighted by atomic mass is 127. The third-order valence-corrected chi connectivity index (χ3v) is 5.65. The van der Waals surface area contributed by atoms with Crippen LogP contribution in [-0.4, -0.2) is 14.8 Å². The lowest BCUT2D eigenvalue weighted by Crippen LogP contribution is -2.28. The van der Waals surface area contributed by atoms with Crippen molar-refractivity contribution in [1.82, 2.24) is 14.8 Å². The van der Waals surface area contributed by atoms with E-state index in [2.05, 4.69) is 27.6 Å². The Morgan fingerprint density at radius 2 is 1.82 bits per heavy atom. The van der Waals surface area contributed by atoms with Crippen molar-refractivity contribution in [1.29, 1.82) is 0 Å². The zero-order valence-electron chi connectivity index (χ0n) is 14.7. The number of fused-ring (bicyclic) bond motifs is 3. The SMILES string of the molecule is O=c1c(-c2cccnc2)c2c(nn1-c1ccccc1I)-c1ccccc1OC2. The zero-order valence-corrected chi connectivity index (χ0v) is 16.8. The molecule has 0 spiro atoms. The normalized spacial score (nSPS) is 12.0. The first-order chi connectivity index (χ1) is 13.7. The lowest BCUT2D eigenvalue weighted by Gasteiger charge is -2.23. The fourth-order valence-corrected chi connectivity index (χ4v) is 4.07. The van der Waals surface area contributed by atoms with Crippen LogP contribution >= 0.6 is 22.6 Å². The van der Waals surface area contributed by atoms with Gasteiger partial charge < -0.3 is 4.74 Å². The quantitative estimate of drug-likeness (QED) is 0.399. The maximum Gasteiger partial charge on any atom is 0.279 e. The predicted octanol–water partition coefficient (Wildman–Crippen LogP) is 4.46. The lowest BCUT2D eigenvalue weighted by molar-refractivity contribution is 0.301. The van der Waals surface area contributed by atoms with E-state index >= 15 is 0 Å². The standard InChI is InChI=1S/C22H14IN3O2/c23-17-8-2-3-9-18(17)26-22(27)20(14-6-5-11-24-12-14)16-13-28-19-10-4-1-7-15(19)21(16)25-26/h1-12H,13H2. The molecule has 4 aromatic rings. The maximum absolute atomic E-state index is 13.5. The monoisotopic (exact) mass is 479 g/mol. The van der Waals surface area contributed by atoms with Crippen molar-refractivity contribution in [3.63, 3.8) is 0 Å². The highest BCUT2D eigenvalue weighted by Gasteiger charge is 2.26. The molecule has 0 aliphatic carbocycles. The van der Waals surface area contributed by atoms with Crippen molar-refractivity contribution >= 4 is 22.6 Å². The number of rotatable bonds is 2. The van der Waals surface area contributed by atoms with Gasteiger partial charge in [0.25, 0.3) is 5.56 Å². The van der Waals surface area contributed by atoms with E-state index in [-0.39, 0.29) is 5.56 Å². The van der Waals surface area contributed by atoms with Crippen LogP contribution in [0.4, 0.5) is 0 Å². The van der Waals surface area contributed by atoms with Gasteiger partial charge in [0.2, 0.25) is 0 Å². The number of hydrogen-bond donors (Lipinski definition) is 0. The number of hydrogen-bond acceptors (Lipinski definition) is 4. The summed E-state index contributed by atoms with van der Waals surface area (Å²) in [6.45, 7) is 0.297. The summed E-state index contributed by atoms with van der Waals surface area (Å²) in [4.78, 5) is 17.7. The second-order valence-corrected chi connectivity index (χ2v) is 7.56. The van der Waals surface area contributed by atoms with Crippen LogP contribution in [0, 0.1) is 3.57 Å². The minimum atomic E-state index is -0.182. The highest BCUT2D eigenvalue weighted by Crippen LogP contribution is 2.38. The average Bonchev–Trinajstić information content (AvgIpc) is 2.74. The van der Waals surface area contributed by atoms with Crippen molar-refractivity contribution in [3.05, 3.63) is 92.5 Å². The highest BCUT2D eigenvalue weighted by molar-refractivity contribution is 14.1. The van der Waals surface area contributed by atoms with Crippen molar-refractivity contribution in [2.45, 2.75) is 6.61 Å². The first-order valence-electron chi connectivity index (χ1n) is 8.78. The number of benzene rings is 2. The summed E-state index contributed by atoms with van der Waals surface area (Å²) < 4.78 is 8.37. The number of nitrogens with zero attached hydrogens (tertiary/aromatic N) is 3. The van der Waals surface area contributed by atoms with Gasteiger partial charge in [-0.2, -0.15) is 9.78 Å². The third kappa shape index (κ3) is 2.72. The Morgan fingerprint density at radius 3 is 2.64 bits per heavy atom. The van der Waals surface area contributed by atoms with Crippen LogP contribution in [0.15, 0.2) is 77.9 Å². The van der Waals surface area contributed by atoms with Gasteiger partial charge in [-0.25, -0.2) is 0 Å². The summed E-state index contributed by atoms with van der Waals surface area (Å²) >= 11 is 2.23. The third-order valence-electron chi connectivity index (χ3n) is 4.74. The topological polar surface area (TPSA) is 57.0 Å². The molecule has 1 aliphatic rings. The van der Waals surface area contributed by atoms with Crippen LogP contribution < -0.4 is 10.3 Å². The van der Waals surface area contributed by atoms with Crippen molar-refractivity contribution < 1.29 is 4.74 Å². The molecule has 0 unspecified atom stereocenters.